The summed E-state index contributed by atoms with van der Waals surface area (Å²) in [4.78, 5) is 0. The molecular weight excluding hydrogens is 119 g/mol. The summed E-state index contributed by atoms with van der Waals surface area (Å²) in [6.45, 7) is 2.18. The topological polar surface area (TPSA) is 0 Å². The fraction of sp³-hybridized carbons (Fsp3) is 0.111. The van der Waals surface area contributed by atoms with E-state index in [4.69, 9.17) is 0 Å². The Morgan fingerprint density at radius 1 is 1.20 bits per heavy atom. The van der Waals surface area contributed by atoms with E-state index in [0.717, 1.165) is 7.28 Å². The van der Waals surface area contributed by atoms with Gasteiger partial charge in [0.2, 0.25) is 0 Å². The monoisotopic (exact) mass is 128 g/mol. The summed E-state index contributed by atoms with van der Waals surface area (Å²) < 4.78 is 0. The first-order chi connectivity index (χ1) is 4.86. The van der Waals surface area contributed by atoms with E-state index in [9.17, 15) is 0 Å². The van der Waals surface area contributed by atoms with E-state index in [1.807, 2.05) is 0 Å². The first-order valence-corrected chi connectivity index (χ1v) is 3.61. The van der Waals surface area contributed by atoms with Crippen molar-refractivity contribution in [2.24, 2.45) is 0 Å². The molecule has 0 bridgehead atoms. The van der Waals surface area contributed by atoms with Crippen LogP contribution in [0.2, 0.25) is 0 Å². The molecule has 0 amide bonds. The van der Waals surface area contributed by atoms with Gasteiger partial charge in [-0.1, -0.05) is 42.7 Å². The van der Waals surface area contributed by atoms with Crippen molar-refractivity contribution in [1.29, 1.82) is 0 Å². The van der Waals surface area contributed by atoms with Crippen LogP contribution >= 0.6 is 0 Å². The Balaban J connectivity index is 2.54. The van der Waals surface area contributed by atoms with Crippen molar-refractivity contribution >= 4 is 18.8 Å². The summed E-state index contributed by atoms with van der Waals surface area (Å²) in [5.41, 5.74) is 4.35. The summed E-state index contributed by atoms with van der Waals surface area (Å²) >= 11 is 0. The Kier molecular flexibility index (Phi) is 1.16. The molecule has 48 valence electrons. The largest absolute Gasteiger partial charge is 0.187 e. The van der Waals surface area contributed by atoms with E-state index in [0.29, 0.717) is 0 Å². The maximum absolute atomic E-state index is 2.26. The van der Waals surface area contributed by atoms with Crippen LogP contribution < -0.4 is 5.46 Å². The van der Waals surface area contributed by atoms with Crippen LogP contribution in [0.25, 0.3) is 6.08 Å². The minimum absolute atomic E-state index is 1.15. The predicted octanol–water partition coefficient (Wildman–Crippen LogP) is 1.12. The molecule has 0 saturated carbocycles. The van der Waals surface area contributed by atoms with E-state index in [1.165, 1.54) is 16.5 Å². The lowest BCUT2D eigenvalue weighted by Crippen LogP contribution is -2.11. The van der Waals surface area contributed by atoms with Crippen molar-refractivity contribution < 1.29 is 0 Å². The van der Waals surface area contributed by atoms with Crippen molar-refractivity contribution in [1.82, 2.24) is 0 Å². The lowest BCUT2D eigenvalue weighted by Gasteiger charge is -1.93. The van der Waals surface area contributed by atoms with Gasteiger partial charge < -0.3 is 0 Å². The van der Waals surface area contributed by atoms with Crippen molar-refractivity contribution in [3.05, 3.63) is 35.3 Å². The van der Waals surface area contributed by atoms with Gasteiger partial charge in [0.1, 0.15) is 0 Å². The second-order valence-corrected chi connectivity index (χ2v) is 2.87. The van der Waals surface area contributed by atoms with Crippen LogP contribution in [0, 0.1) is 0 Å². The molecule has 1 aromatic carbocycles. The Morgan fingerprint density at radius 2 is 2.00 bits per heavy atom. The molecule has 1 aliphatic rings. The zero-order valence-electron chi connectivity index (χ0n) is 6.09. The zero-order valence-corrected chi connectivity index (χ0v) is 6.09. The lowest BCUT2D eigenvalue weighted by molar-refractivity contribution is 1.70. The first-order valence-electron chi connectivity index (χ1n) is 3.61. The highest BCUT2D eigenvalue weighted by Crippen LogP contribution is 2.09. The van der Waals surface area contributed by atoms with Crippen LogP contribution in [-0.4, -0.2) is 7.28 Å². The summed E-state index contributed by atoms with van der Waals surface area (Å²) in [6, 6.07) is 8.56. The molecule has 0 spiro atoms. The standard InChI is InChI=1S/C9H9B/c1-7-6-8-4-2-3-5-9(8)10-7/h2-6,10H,1H3. The molecule has 0 saturated heterocycles. The van der Waals surface area contributed by atoms with Gasteiger partial charge in [-0.25, -0.2) is 0 Å². The van der Waals surface area contributed by atoms with Crippen LogP contribution in [0.5, 0.6) is 0 Å². The molecule has 1 aromatic rings. The van der Waals surface area contributed by atoms with Gasteiger partial charge in [0.05, 0.1) is 0 Å². The van der Waals surface area contributed by atoms with E-state index >= 15 is 0 Å². The average molecular weight is 128 g/mol. The number of fused-ring (bicyclic) bond motifs is 1. The normalized spacial score (nSPS) is 13.9. The van der Waals surface area contributed by atoms with Gasteiger partial charge in [-0.15, -0.1) is 5.47 Å². The number of hydrogen-bond acceptors (Lipinski definition) is 0. The Hall–Kier alpha value is -0.975. The van der Waals surface area contributed by atoms with Crippen LogP contribution in [0.4, 0.5) is 0 Å². The number of hydrogen-bond donors (Lipinski definition) is 0. The molecule has 0 atom stereocenters. The molecule has 1 heteroatoms. The third kappa shape index (κ3) is 0.785. The zero-order chi connectivity index (χ0) is 6.97. The SMILES string of the molecule is CC1=Cc2ccccc2B1. The molecule has 10 heavy (non-hydrogen) atoms. The Labute approximate surface area is 61.8 Å². The third-order valence-corrected chi connectivity index (χ3v) is 1.93. The highest BCUT2D eigenvalue weighted by molar-refractivity contribution is 6.65. The van der Waals surface area contributed by atoms with E-state index in [1.54, 1.807) is 0 Å². The van der Waals surface area contributed by atoms with Gasteiger partial charge >= 0.3 is 0 Å². The molecule has 0 fully saturated rings. The molecule has 0 unspecified atom stereocenters. The second-order valence-electron chi connectivity index (χ2n) is 2.87. The molecule has 0 aromatic heterocycles. The van der Waals surface area contributed by atoms with Gasteiger partial charge in [-0.05, 0) is 5.56 Å². The highest BCUT2D eigenvalue weighted by atomic mass is 14.0. The van der Waals surface area contributed by atoms with Crippen molar-refractivity contribution in [2.45, 2.75) is 6.92 Å². The number of allylic oxidation sites excluding steroid dienone is 1. The summed E-state index contributed by atoms with van der Waals surface area (Å²) in [6.07, 6.45) is 2.26. The van der Waals surface area contributed by atoms with Gasteiger partial charge in [-0.3, -0.25) is 0 Å². The number of benzene rings is 1. The predicted molar refractivity (Wildman–Crippen MR) is 46.9 cm³/mol. The fourth-order valence-corrected chi connectivity index (χ4v) is 1.45. The van der Waals surface area contributed by atoms with E-state index < -0.39 is 0 Å². The highest BCUT2D eigenvalue weighted by Gasteiger charge is 2.08. The number of rotatable bonds is 0. The van der Waals surface area contributed by atoms with Gasteiger partial charge in [0.15, 0.2) is 7.28 Å². The van der Waals surface area contributed by atoms with Gasteiger partial charge in [-0.2, -0.15) is 0 Å². The maximum Gasteiger partial charge on any atom is 0.187 e. The molecular formula is C9H9B. The van der Waals surface area contributed by atoms with E-state index in [-0.39, 0.29) is 0 Å². The Morgan fingerprint density at radius 3 is 2.80 bits per heavy atom. The second kappa shape index (κ2) is 2.01. The van der Waals surface area contributed by atoms with Crippen LogP contribution in [0.15, 0.2) is 29.7 Å². The lowest BCUT2D eigenvalue weighted by atomic mass is 9.68. The molecule has 0 N–H and O–H groups in total. The van der Waals surface area contributed by atoms with Crippen LogP contribution in [0.3, 0.4) is 0 Å². The average Bonchev–Trinajstić information content (AvgIpc) is 2.27. The minimum Gasteiger partial charge on any atom is -0.102 e. The molecule has 0 radical (unpaired) electrons. The first kappa shape index (κ1) is 5.78. The Bertz CT molecular complexity index is 287. The van der Waals surface area contributed by atoms with Crippen molar-refractivity contribution in [2.75, 3.05) is 0 Å². The minimum atomic E-state index is 1.15. The maximum atomic E-state index is 2.26. The summed E-state index contributed by atoms with van der Waals surface area (Å²) in [5.74, 6) is 0. The van der Waals surface area contributed by atoms with Crippen molar-refractivity contribution in [3.8, 4) is 0 Å². The summed E-state index contributed by atoms with van der Waals surface area (Å²) in [7, 11) is 1.15. The fourth-order valence-electron chi connectivity index (χ4n) is 1.45. The molecule has 0 aliphatic carbocycles. The molecule has 1 heterocycles. The third-order valence-electron chi connectivity index (χ3n) is 1.93. The molecule has 0 nitrogen and oxygen atoms in total. The van der Waals surface area contributed by atoms with Crippen LogP contribution in [-0.2, 0) is 0 Å². The molecule has 1 aliphatic heterocycles. The summed E-state index contributed by atoms with van der Waals surface area (Å²) in [5, 5.41) is 0. The van der Waals surface area contributed by atoms with E-state index in [2.05, 4.69) is 37.3 Å². The van der Waals surface area contributed by atoms with Gasteiger partial charge in [0, 0.05) is 0 Å². The quantitative estimate of drug-likeness (QED) is 0.459. The van der Waals surface area contributed by atoms with Crippen LogP contribution in [0.1, 0.15) is 12.5 Å². The van der Waals surface area contributed by atoms with Gasteiger partial charge in [0.25, 0.3) is 0 Å². The van der Waals surface area contributed by atoms with Crippen molar-refractivity contribution in [3.63, 3.8) is 0 Å². The smallest absolute Gasteiger partial charge is 0.102 e. The molecule has 2 rings (SSSR count).